The van der Waals surface area contributed by atoms with Crippen molar-refractivity contribution in [2.75, 3.05) is 20.3 Å². The second kappa shape index (κ2) is 10.5. The molecule has 1 amide bonds. The summed E-state index contributed by atoms with van der Waals surface area (Å²) in [4.78, 5) is 16.4. The van der Waals surface area contributed by atoms with Crippen LogP contribution in [-0.2, 0) is 17.8 Å². The van der Waals surface area contributed by atoms with Crippen LogP contribution >= 0.6 is 0 Å². The fourth-order valence-electron chi connectivity index (χ4n) is 3.28. The molecule has 6 nitrogen and oxygen atoms in total. The van der Waals surface area contributed by atoms with Gasteiger partial charge in [0.2, 0.25) is 5.91 Å². The predicted molar refractivity (Wildman–Crippen MR) is 114 cm³/mol. The molecule has 1 aromatic heterocycles. The number of fused-ring (bicyclic) bond motifs is 1. The highest BCUT2D eigenvalue weighted by Gasteiger charge is 2.10. The van der Waals surface area contributed by atoms with Crippen LogP contribution in [0.3, 0.4) is 0 Å². The van der Waals surface area contributed by atoms with Crippen molar-refractivity contribution in [3.05, 3.63) is 54.4 Å². The Morgan fingerprint density at radius 1 is 1.10 bits per heavy atom. The maximum atomic E-state index is 11.6. The van der Waals surface area contributed by atoms with Gasteiger partial charge in [0.25, 0.3) is 0 Å². The number of imidazole rings is 1. The second-order valence-electron chi connectivity index (χ2n) is 6.90. The van der Waals surface area contributed by atoms with E-state index in [0.29, 0.717) is 26.1 Å². The number of benzene rings is 2. The molecule has 3 aromatic rings. The Morgan fingerprint density at radius 2 is 1.86 bits per heavy atom. The Balaban J connectivity index is 1.60. The number of aryl methyl sites for hydroxylation is 1. The number of amides is 1. The first-order valence-electron chi connectivity index (χ1n) is 10.2. The highest BCUT2D eigenvalue weighted by atomic mass is 16.5. The summed E-state index contributed by atoms with van der Waals surface area (Å²) < 4.78 is 13.3. The van der Waals surface area contributed by atoms with E-state index in [1.54, 1.807) is 7.11 Å². The summed E-state index contributed by atoms with van der Waals surface area (Å²) in [7, 11) is 1.65. The summed E-state index contributed by atoms with van der Waals surface area (Å²) in [5, 5.41) is 2.97. The average Bonchev–Trinajstić information content (AvgIpc) is 3.09. The largest absolute Gasteiger partial charge is 0.497 e. The number of ether oxygens (including phenoxy) is 2. The summed E-state index contributed by atoms with van der Waals surface area (Å²) in [6, 6.07) is 15.7. The molecule has 0 saturated carbocycles. The number of hydrogen-bond donors (Lipinski definition) is 1. The lowest BCUT2D eigenvalue weighted by molar-refractivity contribution is -0.121. The Labute approximate surface area is 171 Å². The monoisotopic (exact) mass is 395 g/mol. The Morgan fingerprint density at radius 3 is 2.62 bits per heavy atom. The Bertz CT molecular complexity index is 919. The van der Waals surface area contributed by atoms with Crippen LogP contribution in [-0.4, -0.2) is 35.7 Å². The molecule has 0 spiro atoms. The molecule has 0 aliphatic heterocycles. The van der Waals surface area contributed by atoms with Gasteiger partial charge in [-0.2, -0.15) is 0 Å². The predicted octanol–water partition coefficient (Wildman–Crippen LogP) is 3.97. The number of para-hydroxylation sites is 2. The quantitative estimate of drug-likeness (QED) is 0.499. The molecule has 0 atom stereocenters. The Kier molecular flexibility index (Phi) is 7.50. The van der Waals surface area contributed by atoms with Crippen molar-refractivity contribution in [2.45, 2.75) is 39.2 Å². The smallest absolute Gasteiger partial charge is 0.219 e. The summed E-state index contributed by atoms with van der Waals surface area (Å²) in [5.41, 5.74) is 2.10. The highest BCUT2D eigenvalue weighted by Crippen LogP contribution is 2.19. The molecule has 2 aromatic carbocycles. The lowest BCUT2D eigenvalue weighted by Crippen LogP contribution is -2.24. The number of hydrogen-bond acceptors (Lipinski definition) is 4. The van der Waals surface area contributed by atoms with Crippen molar-refractivity contribution in [1.29, 1.82) is 0 Å². The number of carbonyl (C=O) groups is 1. The van der Waals surface area contributed by atoms with Crippen LogP contribution in [0.15, 0.2) is 48.5 Å². The van der Waals surface area contributed by atoms with Gasteiger partial charge in [-0.25, -0.2) is 4.98 Å². The number of nitrogens with zero attached hydrogens (tertiary/aromatic N) is 2. The lowest BCUT2D eigenvalue weighted by atomic mass is 10.2. The van der Waals surface area contributed by atoms with Crippen molar-refractivity contribution in [1.82, 2.24) is 14.9 Å². The third-order valence-electron chi connectivity index (χ3n) is 4.75. The van der Waals surface area contributed by atoms with Crippen molar-refractivity contribution in [2.24, 2.45) is 0 Å². The SMILES string of the molecule is CCCC(=O)NCCCc1nc2ccccc2n1CCOc1ccc(OC)cc1. The maximum absolute atomic E-state index is 11.6. The minimum absolute atomic E-state index is 0.119. The maximum Gasteiger partial charge on any atom is 0.219 e. The van der Waals surface area contributed by atoms with E-state index in [2.05, 4.69) is 16.0 Å². The second-order valence-corrected chi connectivity index (χ2v) is 6.90. The van der Waals surface area contributed by atoms with Gasteiger partial charge in [0.1, 0.15) is 23.9 Å². The van der Waals surface area contributed by atoms with Gasteiger partial charge in [-0.3, -0.25) is 4.79 Å². The fourth-order valence-corrected chi connectivity index (χ4v) is 3.28. The normalized spacial score (nSPS) is 10.8. The van der Waals surface area contributed by atoms with Gasteiger partial charge in [0, 0.05) is 19.4 Å². The van der Waals surface area contributed by atoms with E-state index in [0.717, 1.165) is 47.6 Å². The minimum Gasteiger partial charge on any atom is -0.497 e. The molecule has 0 aliphatic rings. The van der Waals surface area contributed by atoms with Crippen LogP contribution in [0.2, 0.25) is 0 Å². The van der Waals surface area contributed by atoms with Gasteiger partial charge in [-0.15, -0.1) is 0 Å². The van der Waals surface area contributed by atoms with E-state index in [1.807, 2.05) is 49.4 Å². The standard InChI is InChI=1S/C23H29N3O3/c1-3-7-23(27)24-15-6-10-22-25-20-8-4-5-9-21(20)26(22)16-17-29-19-13-11-18(28-2)12-14-19/h4-5,8-9,11-14H,3,6-7,10,15-17H2,1-2H3,(H,24,27). The molecule has 0 unspecified atom stereocenters. The number of nitrogens with one attached hydrogen (secondary N) is 1. The zero-order valence-corrected chi connectivity index (χ0v) is 17.2. The molecule has 0 saturated heterocycles. The van der Waals surface area contributed by atoms with Crippen LogP contribution in [0.1, 0.15) is 32.0 Å². The van der Waals surface area contributed by atoms with Gasteiger partial charge < -0.3 is 19.4 Å². The zero-order valence-electron chi connectivity index (χ0n) is 17.2. The topological polar surface area (TPSA) is 65.4 Å². The van der Waals surface area contributed by atoms with Gasteiger partial charge in [0.05, 0.1) is 24.7 Å². The highest BCUT2D eigenvalue weighted by molar-refractivity contribution is 5.76. The van der Waals surface area contributed by atoms with Gasteiger partial charge in [-0.1, -0.05) is 19.1 Å². The third kappa shape index (κ3) is 5.73. The third-order valence-corrected chi connectivity index (χ3v) is 4.75. The number of methoxy groups -OCH3 is 1. The van der Waals surface area contributed by atoms with E-state index >= 15 is 0 Å². The van der Waals surface area contributed by atoms with Gasteiger partial charge in [-0.05, 0) is 49.2 Å². The summed E-state index contributed by atoms with van der Waals surface area (Å²) in [6.45, 7) is 3.94. The summed E-state index contributed by atoms with van der Waals surface area (Å²) in [5.74, 6) is 2.77. The van der Waals surface area contributed by atoms with E-state index in [9.17, 15) is 4.79 Å². The molecule has 0 aliphatic carbocycles. The average molecular weight is 396 g/mol. The van der Waals surface area contributed by atoms with Crippen molar-refractivity contribution in [3.63, 3.8) is 0 Å². The first-order valence-corrected chi connectivity index (χ1v) is 10.2. The molecule has 0 fully saturated rings. The molecular formula is C23H29N3O3. The van der Waals surface area contributed by atoms with Crippen molar-refractivity contribution < 1.29 is 14.3 Å². The van der Waals surface area contributed by atoms with Crippen LogP contribution < -0.4 is 14.8 Å². The fraction of sp³-hybridized carbons (Fsp3) is 0.391. The van der Waals surface area contributed by atoms with Crippen LogP contribution in [0.5, 0.6) is 11.5 Å². The molecule has 29 heavy (non-hydrogen) atoms. The lowest BCUT2D eigenvalue weighted by Gasteiger charge is -2.11. The van der Waals surface area contributed by atoms with Crippen LogP contribution in [0.4, 0.5) is 0 Å². The molecule has 0 bridgehead atoms. The van der Waals surface area contributed by atoms with E-state index < -0.39 is 0 Å². The van der Waals surface area contributed by atoms with E-state index in [-0.39, 0.29) is 5.91 Å². The molecule has 6 heteroatoms. The molecule has 1 N–H and O–H groups in total. The van der Waals surface area contributed by atoms with Crippen molar-refractivity contribution in [3.8, 4) is 11.5 Å². The number of rotatable bonds is 11. The molecule has 3 rings (SSSR count). The first-order chi connectivity index (χ1) is 14.2. The number of carbonyl (C=O) groups excluding carboxylic acids is 1. The molecule has 0 radical (unpaired) electrons. The minimum atomic E-state index is 0.119. The molecular weight excluding hydrogens is 366 g/mol. The zero-order chi connectivity index (χ0) is 20.5. The molecule has 154 valence electrons. The van der Waals surface area contributed by atoms with Gasteiger partial charge in [0.15, 0.2) is 0 Å². The molecule has 1 heterocycles. The van der Waals surface area contributed by atoms with Crippen LogP contribution in [0.25, 0.3) is 11.0 Å². The Hall–Kier alpha value is -3.02. The van der Waals surface area contributed by atoms with Gasteiger partial charge >= 0.3 is 0 Å². The first kappa shape index (κ1) is 20.7. The number of aromatic nitrogens is 2. The van der Waals surface area contributed by atoms with Crippen molar-refractivity contribution >= 4 is 16.9 Å². The van der Waals surface area contributed by atoms with E-state index in [4.69, 9.17) is 14.5 Å². The van der Waals surface area contributed by atoms with E-state index in [1.165, 1.54) is 0 Å². The van der Waals surface area contributed by atoms with Crippen LogP contribution in [0, 0.1) is 0 Å². The summed E-state index contributed by atoms with van der Waals surface area (Å²) >= 11 is 0. The summed E-state index contributed by atoms with van der Waals surface area (Å²) in [6.07, 6.45) is 3.12.